The van der Waals surface area contributed by atoms with E-state index in [1.165, 1.54) is 0 Å². The zero-order chi connectivity index (χ0) is 36.9. The Balaban J connectivity index is 1.65. The lowest BCUT2D eigenvalue weighted by molar-refractivity contribution is 0.0262. The van der Waals surface area contributed by atoms with Gasteiger partial charge in [-0.25, -0.2) is 0 Å². The molecule has 298 valence electrons. The third kappa shape index (κ3) is 17.4. The van der Waals surface area contributed by atoms with Gasteiger partial charge in [-0.1, -0.05) is 0 Å². The van der Waals surface area contributed by atoms with Crippen LogP contribution in [-0.4, -0.2) is 187 Å². The zero-order valence-corrected chi connectivity index (χ0v) is 31.8. The number of hydrogen-bond acceptors (Lipinski definition) is 16. The van der Waals surface area contributed by atoms with E-state index in [9.17, 15) is 0 Å². The summed E-state index contributed by atoms with van der Waals surface area (Å²) in [5.74, 6) is 0. The van der Waals surface area contributed by atoms with Crippen molar-refractivity contribution < 1.29 is 56.8 Å². The predicted molar refractivity (Wildman–Crippen MR) is 196 cm³/mol. The van der Waals surface area contributed by atoms with Crippen LogP contribution in [0.2, 0.25) is 0 Å². The molecular formula is C36H62N4O12. The van der Waals surface area contributed by atoms with E-state index in [0.717, 1.165) is 22.7 Å². The van der Waals surface area contributed by atoms with Gasteiger partial charge in [-0.05, 0) is 12.1 Å². The molecule has 3 rings (SSSR count). The minimum atomic E-state index is 0.504. The Labute approximate surface area is 311 Å². The highest BCUT2D eigenvalue weighted by atomic mass is 16.6. The first kappa shape index (κ1) is 44.3. The monoisotopic (exact) mass is 742 g/mol. The highest BCUT2D eigenvalue weighted by Gasteiger charge is 2.35. The molecule has 0 aromatic heterocycles. The van der Waals surface area contributed by atoms with Crippen molar-refractivity contribution in [3.63, 3.8) is 0 Å². The van der Waals surface area contributed by atoms with Gasteiger partial charge in [0.25, 0.3) is 0 Å². The first-order valence-corrected chi connectivity index (χ1v) is 18.1. The van der Waals surface area contributed by atoms with Crippen molar-refractivity contribution >= 4 is 22.7 Å². The van der Waals surface area contributed by atoms with Crippen LogP contribution in [0.1, 0.15) is 0 Å². The molecule has 2 heterocycles. The van der Waals surface area contributed by atoms with E-state index >= 15 is 0 Å². The molecule has 0 atom stereocenters. The van der Waals surface area contributed by atoms with Crippen molar-refractivity contribution in [2.24, 2.45) is 0 Å². The largest absolute Gasteiger partial charge is 0.382 e. The van der Waals surface area contributed by atoms with Gasteiger partial charge in [-0.15, -0.1) is 0 Å². The van der Waals surface area contributed by atoms with Crippen molar-refractivity contribution in [3.05, 3.63) is 25.5 Å². The molecule has 0 saturated heterocycles. The van der Waals surface area contributed by atoms with E-state index in [1.807, 2.05) is 0 Å². The summed E-state index contributed by atoms with van der Waals surface area (Å²) in [6.45, 7) is 20.2. The van der Waals surface area contributed by atoms with Crippen molar-refractivity contribution in [3.8, 4) is 0 Å². The van der Waals surface area contributed by atoms with Gasteiger partial charge in [0.15, 0.2) is 0 Å². The summed E-state index contributed by atoms with van der Waals surface area (Å²) in [5.41, 5.74) is 4.14. The molecule has 16 nitrogen and oxygen atoms in total. The number of hydrogen-bond donors (Lipinski definition) is 0. The SMILES string of the molecule is COCCOCCOCCN1[C]N(CCOCCOCCOC)c2cc3c(cc21)N(CCOCCOCCOC)[C]N3CCOCCOCCOC. The molecule has 0 saturated carbocycles. The molecule has 0 spiro atoms. The normalized spacial score (nSPS) is 13.9. The van der Waals surface area contributed by atoms with Gasteiger partial charge in [-0.3, -0.25) is 0 Å². The topological polar surface area (TPSA) is 124 Å². The Morgan fingerprint density at radius 2 is 0.500 bits per heavy atom. The maximum atomic E-state index is 5.90. The third-order valence-corrected chi connectivity index (χ3v) is 7.77. The molecule has 4 radical (unpaired) electrons. The molecule has 0 aliphatic carbocycles. The first-order chi connectivity index (χ1) is 25.7. The number of fused-ring (bicyclic) bond motifs is 2. The minimum Gasteiger partial charge on any atom is -0.382 e. The average molecular weight is 743 g/mol. The van der Waals surface area contributed by atoms with Crippen LogP contribution < -0.4 is 19.6 Å². The highest BCUT2D eigenvalue weighted by molar-refractivity contribution is 5.92. The lowest BCUT2D eigenvalue weighted by atomic mass is 10.2. The van der Waals surface area contributed by atoms with Crippen LogP contribution in [0.5, 0.6) is 0 Å². The fourth-order valence-electron chi connectivity index (χ4n) is 5.09. The van der Waals surface area contributed by atoms with Crippen molar-refractivity contribution in [1.29, 1.82) is 0 Å². The quantitative estimate of drug-likeness (QED) is 0.0926. The molecule has 1 aromatic carbocycles. The minimum absolute atomic E-state index is 0.504. The second-order valence-corrected chi connectivity index (χ2v) is 11.5. The number of nitrogens with zero attached hydrogens (tertiary/aromatic N) is 4. The average Bonchev–Trinajstić information content (AvgIpc) is 3.68. The van der Waals surface area contributed by atoms with Crippen molar-refractivity contribution in [2.75, 3.05) is 206 Å². The molecule has 1 aromatic rings. The maximum absolute atomic E-state index is 5.90. The van der Waals surface area contributed by atoms with E-state index in [2.05, 4.69) is 45.1 Å². The fraction of sp³-hybridized carbons (Fsp3) is 0.778. The highest BCUT2D eigenvalue weighted by Crippen LogP contribution is 2.48. The number of methoxy groups -OCH3 is 4. The van der Waals surface area contributed by atoms with E-state index < -0.39 is 0 Å². The van der Waals surface area contributed by atoms with Crippen LogP contribution >= 0.6 is 0 Å². The number of anilines is 4. The molecule has 2 aliphatic heterocycles. The van der Waals surface area contributed by atoms with Crippen LogP contribution in [0.3, 0.4) is 0 Å². The third-order valence-electron chi connectivity index (χ3n) is 7.77. The molecular weight excluding hydrogens is 680 g/mol. The molecule has 0 N–H and O–H groups in total. The van der Waals surface area contributed by atoms with Crippen molar-refractivity contribution in [1.82, 2.24) is 0 Å². The van der Waals surface area contributed by atoms with Crippen LogP contribution in [0, 0.1) is 13.3 Å². The number of rotatable bonds is 36. The van der Waals surface area contributed by atoms with Gasteiger partial charge in [0.2, 0.25) is 13.3 Å². The van der Waals surface area contributed by atoms with Crippen LogP contribution in [-0.2, 0) is 56.8 Å². The van der Waals surface area contributed by atoms with Gasteiger partial charge in [-0.2, -0.15) is 0 Å². The van der Waals surface area contributed by atoms with E-state index in [4.69, 9.17) is 56.8 Å². The van der Waals surface area contributed by atoms with E-state index in [-0.39, 0.29) is 0 Å². The van der Waals surface area contributed by atoms with Gasteiger partial charge in [0, 0.05) is 54.6 Å². The fourth-order valence-corrected chi connectivity index (χ4v) is 5.09. The second kappa shape index (κ2) is 29.3. The molecule has 2 aliphatic rings. The summed E-state index contributed by atoms with van der Waals surface area (Å²) in [4.78, 5) is 8.43. The van der Waals surface area contributed by atoms with Gasteiger partial charge >= 0.3 is 0 Å². The Kier molecular flexibility index (Phi) is 25.0. The van der Waals surface area contributed by atoms with Gasteiger partial charge in [0.05, 0.1) is 155 Å². The summed E-state index contributed by atoms with van der Waals surface area (Å²) >= 11 is 0. The molecule has 16 heteroatoms. The summed E-state index contributed by atoms with van der Waals surface area (Å²) in [6, 6.07) is 4.39. The summed E-state index contributed by atoms with van der Waals surface area (Å²) in [6.07, 6.45) is 0. The lowest BCUT2D eigenvalue weighted by Crippen LogP contribution is -2.31. The Morgan fingerprint density at radius 3 is 0.712 bits per heavy atom. The van der Waals surface area contributed by atoms with Crippen LogP contribution in [0.15, 0.2) is 12.1 Å². The summed E-state index contributed by atoms with van der Waals surface area (Å²) in [5, 5.41) is 0. The predicted octanol–water partition coefficient (Wildman–Crippen LogP) is 1.65. The summed E-state index contributed by atoms with van der Waals surface area (Å²) < 4.78 is 65.9. The first-order valence-electron chi connectivity index (χ1n) is 18.1. The standard InChI is InChI=1S/C36H62N4O12/c1-41-13-17-49-25-21-45-9-5-37-31-38(6-10-46-22-26-50-18-14-42-2)34-30-36-35(29-33(34)37)39(7-11-47-23-27-51-19-15-43-3)32-40(36)8-12-48-24-28-52-20-16-44-4/h29-30H,5-28H2,1-4H3. The second-order valence-electron chi connectivity index (χ2n) is 11.5. The number of benzene rings is 1. The van der Waals surface area contributed by atoms with E-state index in [0.29, 0.717) is 158 Å². The Bertz CT molecular complexity index is 868. The Hall–Kier alpha value is -2.06. The summed E-state index contributed by atoms with van der Waals surface area (Å²) in [7, 11) is 6.63. The van der Waals surface area contributed by atoms with Crippen molar-refractivity contribution in [2.45, 2.75) is 0 Å². The zero-order valence-electron chi connectivity index (χ0n) is 31.8. The van der Waals surface area contributed by atoms with Gasteiger partial charge in [0.1, 0.15) is 0 Å². The molecule has 0 amide bonds. The maximum Gasteiger partial charge on any atom is 0.209 e. The molecule has 52 heavy (non-hydrogen) atoms. The van der Waals surface area contributed by atoms with Gasteiger partial charge < -0.3 is 76.4 Å². The number of ether oxygens (including phenoxy) is 12. The lowest BCUT2D eigenvalue weighted by Gasteiger charge is -2.21. The van der Waals surface area contributed by atoms with Crippen LogP contribution in [0.25, 0.3) is 0 Å². The molecule has 0 unspecified atom stereocenters. The van der Waals surface area contributed by atoms with E-state index in [1.54, 1.807) is 28.4 Å². The molecule has 0 fully saturated rings. The smallest absolute Gasteiger partial charge is 0.209 e. The van der Waals surface area contributed by atoms with Crippen LogP contribution in [0.4, 0.5) is 22.7 Å². The Morgan fingerprint density at radius 1 is 0.308 bits per heavy atom. The molecule has 0 bridgehead atoms.